The van der Waals surface area contributed by atoms with Crippen LogP contribution >= 0.6 is 11.8 Å². The van der Waals surface area contributed by atoms with Crippen molar-refractivity contribution in [1.82, 2.24) is 4.90 Å². The summed E-state index contributed by atoms with van der Waals surface area (Å²) >= 11 is 1.01. The highest BCUT2D eigenvalue weighted by Crippen LogP contribution is 2.02. The Balaban J connectivity index is 4.98. The van der Waals surface area contributed by atoms with Gasteiger partial charge in [0.05, 0.1) is 14.1 Å². The van der Waals surface area contributed by atoms with Crippen LogP contribution in [0.2, 0.25) is 0 Å². The summed E-state index contributed by atoms with van der Waals surface area (Å²) in [5, 5.41) is 19.0. The summed E-state index contributed by atoms with van der Waals surface area (Å²) in [4.78, 5) is 21.7. The van der Waals surface area contributed by atoms with Gasteiger partial charge in [0, 0.05) is 0 Å². The van der Waals surface area contributed by atoms with Crippen molar-refractivity contribution in [2.45, 2.75) is 0 Å². The number of amidine groups is 1. The molecule has 0 saturated carbocycles. The van der Waals surface area contributed by atoms with E-state index < -0.39 is 12.2 Å². The lowest BCUT2D eigenvalue weighted by Gasteiger charge is -2.10. The third-order valence-corrected chi connectivity index (χ3v) is 2.23. The van der Waals surface area contributed by atoms with Crippen molar-refractivity contribution in [3.63, 3.8) is 0 Å². The Kier molecular flexibility index (Phi) is 4.26. The van der Waals surface area contributed by atoms with Gasteiger partial charge in [-0.15, -0.1) is 0 Å². The predicted octanol–water partition coefficient (Wildman–Crippen LogP) is -0.699. The highest BCUT2D eigenvalue weighted by Gasteiger charge is 2.23. The van der Waals surface area contributed by atoms with Gasteiger partial charge in [0.15, 0.2) is 0 Å². The maximum absolute atomic E-state index is 10.5. The summed E-state index contributed by atoms with van der Waals surface area (Å²) in [5.74, 6) is 0. The molecule has 1 N–H and O–H groups in total. The van der Waals surface area contributed by atoms with Crippen molar-refractivity contribution < 1.29 is 24.4 Å². The molecule has 0 aromatic carbocycles. The molecule has 74 valence electrons. The summed E-state index contributed by atoms with van der Waals surface area (Å²) < 4.78 is 0.735. The van der Waals surface area contributed by atoms with Crippen LogP contribution < -0.4 is 5.11 Å². The van der Waals surface area contributed by atoms with Gasteiger partial charge in [-0.3, -0.25) is 0 Å². The zero-order chi connectivity index (χ0) is 10.6. The number of hydrogen-bond donors (Lipinski definition) is 1. The minimum Gasteiger partial charge on any atom is -0.511 e. The molecular weight excluding hydrogens is 196 g/mol. The summed E-state index contributed by atoms with van der Waals surface area (Å²) in [5.41, 5.74) is 0. The third kappa shape index (κ3) is 2.94. The number of hydrogen-bond acceptors (Lipinski definition) is 4. The number of carbonyl (C=O) groups is 2. The fourth-order valence-corrected chi connectivity index (χ4v) is 1.36. The van der Waals surface area contributed by atoms with Gasteiger partial charge < -0.3 is 15.0 Å². The largest absolute Gasteiger partial charge is 0.511 e. The lowest BCUT2D eigenvalue weighted by Crippen LogP contribution is -2.42. The first-order valence-corrected chi connectivity index (χ1v) is 4.46. The molecule has 7 heteroatoms. The number of carboxylic acid groups (broad SMARTS) is 2. The van der Waals surface area contributed by atoms with Crippen LogP contribution in [-0.2, 0) is 0 Å². The van der Waals surface area contributed by atoms with E-state index in [1.807, 2.05) is 0 Å². The monoisotopic (exact) mass is 206 g/mol. The molecule has 2 amide bonds. The van der Waals surface area contributed by atoms with Crippen LogP contribution in [0.3, 0.4) is 0 Å². The second kappa shape index (κ2) is 4.70. The number of rotatable bonds is 0. The van der Waals surface area contributed by atoms with Gasteiger partial charge in [-0.25, -0.2) is 4.58 Å². The summed E-state index contributed by atoms with van der Waals surface area (Å²) in [6.45, 7) is 0. The SMILES string of the molecule is CSC(N(C)C(=O)O)=[N+](C)C(=O)[O-]. The van der Waals surface area contributed by atoms with Gasteiger partial charge >= 0.3 is 11.3 Å². The summed E-state index contributed by atoms with van der Waals surface area (Å²) in [6, 6.07) is 0. The first-order chi connectivity index (χ1) is 5.91. The normalized spacial score (nSPS) is 11.9. The lowest BCUT2D eigenvalue weighted by atomic mass is 10.8. The minimum atomic E-state index is -1.45. The topological polar surface area (TPSA) is 83.7 Å². The summed E-state index contributed by atoms with van der Waals surface area (Å²) in [6.07, 6.45) is -1.09. The second-order valence-electron chi connectivity index (χ2n) is 2.15. The third-order valence-electron chi connectivity index (χ3n) is 1.32. The molecule has 0 fully saturated rings. The van der Waals surface area contributed by atoms with Gasteiger partial charge in [0.2, 0.25) is 6.09 Å². The van der Waals surface area contributed by atoms with E-state index in [0.29, 0.717) is 0 Å². The van der Waals surface area contributed by atoms with Gasteiger partial charge in [-0.1, -0.05) is 0 Å². The van der Waals surface area contributed by atoms with Crippen LogP contribution in [0, 0.1) is 0 Å². The average Bonchev–Trinajstić information content (AvgIpc) is 2.04. The number of thioether (sulfide) groups is 1. The quantitative estimate of drug-likeness (QED) is 0.322. The van der Waals surface area contributed by atoms with Crippen LogP contribution in [-0.4, -0.2) is 52.3 Å². The van der Waals surface area contributed by atoms with E-state index in [1.165, 1.54) is 14.1 Å². The fourth-order valence-electron chi connectivity index (χ4n) is 0.659. The molecule has 6 nitrogen and oxygen atoms in total. The van der Waals surface area contributed by atoms with Crippen LogP contribution in [0.1, 0.15) is 0 Å². The van der Waals surface area contributed by atoms with E-state index in [-0.39, 0.29) is 5.17 Å². The molecule has 0 rings (SSSR count). The van der Waals surface area contributed by atoms with Crippen LogP contribution in [0.25, 0.3) is 0 Å². The number of carbonyl (C=O) groups excluding carboxylic acids is 1. The fraction of sp³-hybridized carbons (Fsp3) is 0.500. The molecule has 0 spiro atoms. The first-order valence-electron chi connectivity index (χ1n) is 3.24. The zero-order valence-corrected chi connectivity index (χ0v) is 8.29. The van der Waals surface area contributed by atoms with E-state index in [4.69, 9.17) is 5.11 Å². The summed E-state index contributed by atoms with van der Waals surface area (Å²) in [7, 11) is 2.48. The highest BCUT2D eigenvalue weighted by atomic mass is 32.2. The van der Waals surface area contributed by atoms with Gasteiger partial charge in [0.25, 0.3) is 0 Å². The van der Waals surface area contributed by atoms with Crippen molar-refractivity contribution in [2.24, 2.45) is 0 Å². The van der Waals surface area contributed by atoms with E-state index in [9.17, 15) is 14.7 Å². The second-order valence-corrected chi connectivity index (χ2v) is 2.93. The van der Waals surface area contributed by atoms with Gasteiger partial charge in [-0.05, 0) is 18.0 Å². The van der Waals surface area contributed by atoms with Crippen molar-refractivity contribution in [3.05, 3.63) is 0 Å². The molecule has 0 unspecified atom stereocenters. The standard InChI is InChI=1S/C6H10N2O4S/c1-7(5(9)10)4(13-3)8(2)6(11)12/h1-3H3,(H-,9,10,11,12). The molecule has 0 aromatic heterocycles. The molecule has 0 aliphatic rings. The molecule has 0 heterocycles. The maximum Gasteiger partial charge on any atom is 0.504 e. The number of nitrogens with zero attached hydrogens (tertiary/aromatic N) is 2. The molecule has 0 aliphatic carbocycles. The van der Waals surface area contributed by atoms with Crippen molar-refractivity contribution in [3.8, 4) is 0 Å². The van der Waals surface area contributed by atoms with Crippen molar-refractivity contribution >= 4 is 29.1 Å². The van der Waals surface area contributed by atoms with Crippen LogP contribution in [0.15, 0.2) is 0 Å². The molecule has 0 aromatic rings. The van der Waals surface area contributed by atoms with E-state index in [1.54, 1.807) is 6.26 Å². The Morgan fingerprint density at radius 2 is 2.00 bits per heavy atom. The Morgan fingerprint density at radius 3 is 2.23 bits per heavy atom. The van der Waals surface area contributed by atoms with Crippen LogP contribution in [0.5, 0.6) is 0 Å². The number of amides is 2. The molecule has 0 bridgehead atoms. The van der Waals surface area contributed by atoms with E-state index in [0.717, 1.165) is 21.2 Å². The Bertz CT molecular complexity index is 263. The Labute approximate surface area is 79.5 Å². The van der Waals surface area contributed by atoms with Crippen molar-refractivity contribution in [1.29, 1.82) is 0 Å². The van der Waals surface area contributed by atoms with Gasteiger partial charge in [0.1, 0.15) is 0 Å². The molecule has 0 aliphatic heterocycles. The van der Waals surface area contributed by atoms with Crippen molar-refractivity contribution in [2.75, 3.05) is 20.4 Å². The molecule has 13 heavy (non-hydrogen) atoms. The van der Waals surface area contributed by atoms with E-state index >= 15 is 0 Å². The van der Waals surface area contributed by atoms with E-state index in [2.05, 4.69) is 0 Å². The van der Waals surface area contributed by atoms with Crippen LogP contribution in [0.4, 0.5) is 9.59 Å². The Hall–Kier alpha value is -1.24. The zero-order valence-electron chi connectivity index (χ0n) is 7.47. The molecule has 0 radical (unpaired) electrons. The van der Waals surface area contributed by atoms with Gasteiger partial charge in [-0.2, -0.15) is 9.69 Å². The predicted molar refractivity (Wildman–Crippen MR) is 45.9 cm³/mol. The maximum atomic E-state index is 10.5. The lowest BCUT2D eigenvalue weighted by molar-refractivity contribution is -0.493. The molecule has 0 saturated heterocycles. The minimum absolute atomic E-state index is 0.0764. The molecule has 0 atom stereocenters. The first kappa shape index (κ1) is 11.8. The molecular formula is C6H10N2O4S. The highest BCUT2D eigenvalue weighted by molar-refractivity contribution is 8.13. The Morgan fingerprint density at radius 1 is 1.54 bits per heavy atom. The average molecular weight is 206 g/mol. The smallest absolute Gasteiger partial charge is 0.504 e.